The van der Waals surface area contributed by atoms with Gasteiger partial charge >= 0.3 is 0 Å². The minimum Gasteiger partial charge on any atom is -0.368 e. The molecule has 1 aliphatic rings. The number of nitrogens with one attached hydrogen (secondary N) is 2. The van der Waals surface area contributed by atoms with E-state index >= 15 is 0 Å². The lowest BCUT2D eigenvalue weighted by atomic mass is 10.1. The highest BCUT2D eigenvalue weighted by atomic mass is 32.2. The molecule has 0 spiro atoms. The summed E-state index contributed by atoms with van der Waals surface area (Å²) in [5, 5.41) is 7.17. The van der Waals surface area contributed by atoms with Crippen molar-refractivity contribution in [2.24, 2.45) is 0 Å². The molecule has 1 aromatic heterocycles. The van der Waals surface area contributed by atoms with Crippen LogP contribution in [0.15, 0.2) is 54.6 Å². The highest BCUT2D eigenvalue weighted by Crippen LogP contribution is 2.30. The summed E-state index contributed by atoms with van der Waals surface area (Å²) in [5.74, 6) is 0.579. The van der Waals surface area contributed by atoms with Crippen molar-refractivity contribution in [3.63, 3.8) is 0 Å². The fraction of sp³-hybridized carbons (Fsp3) is 0.238. The molecule has 1 amide bonds. The Balaban J connectivity index is 1.33. The number of amides is 1. The summed E-state index contributed by atoms with van der Waals surface area (Å²) in [7, 11) is -3.29. The number of fused-ring (bicyclic) bond motifs is 2. The van der Waals surface area contributed by atoms with E-state index in [1.807, 2.05) is 36.4 Å². The van der Waals surface area contributed by atoms with Gasteiger partial charge in [-0.3, -0.25) is 9.10 Å². The van der Waals surface area contributed by atoms with Crippen LogP contribution in [0.1, 0.15) is 15.9 Å². The molecule has 2 heterocycles. The zero-order valence-electron chi connectivity index (χ0n) is 16.1. The summed E-state index contributed by atoms with van der Waals surface area (Å²) in [4.78, 5) is 17.0. The summed E-state index contributed by atoms with van der Waals surface area (Å²) in [6.07, 6.45) is 1.80. The van der Waals surface area contributed by atoms with E-state index in [1.165, 1.54) is 10.6 Å². The van der Waals surface area contributed by atoms with Gasteiger partial charge < -0.3 is 10.6 Å². The maximum Gasteiger partial charge on any atom is 0.251 e. The van der Waals surface area contributed by atoms with Crippen LogP contribution in [-0.2, 0) is 16.4 Å². The molecule has 2 N–H and O–H groups in total. The maximum atomic E-state index is 12.4. The molecule has 0 saturated heterocycles. The average molecular weight is 410 g/mol. The molecule has 150 valence electrons. The molecule has 2 aromatic carbocycles. The first kappa shape index (κ1) is 19.2. The van der Waals surface area contributed by atoms with Crippen LogP contribution >= 0.6 is 0 Å². The van der Waals surface area contributed by atoms with Crippen LogP contribution in [0, 0.1) is 0 Å². The van der Waals surface area contributed by atoms with Gasteiger partial charge in [-0.2, -0.15) is 0 Å². The molecular formula is C21H22N4O3S. The molecular weight excluding hydrogens is 388 g/mol. The van der Waals surface area contributed by atoms with Crippen molar-refractivity contribution >= 4 is 38.3 Å². The lowest BCUT2D eigenvalue weighted by Gasteiger charge is -2.16. The molecule has 0 saturated carbocycles. The summed E-state index contributed by atoms with van der Waals surface area (Å²) in [6.45, 7) is 1.41. The van der Waals surface area contributed by atoms with E-state index in [2.05, 4.69) is 15.6 Å². The van der Waals surface area contributed by atoms with Crippen LogP contribution in [0.25, 0.3) is 10.9 Å². The predicted octanol–water partition coefficient (Wildman–Crippen LogP) is 2.40. The lowest BCUT2D eigenvalue weighted by Crippen LogP contribution is -2.29. The smallest absolute Gasteiger partial charge is 0.251 e. The first-order chi connectivity index (χ1) is 13.9. The Labute approximate surface area is 169 Å². The van der Waals surface area contributed by atoms with Gasteiger partial charge in [0.05, 0.1) is 17.5 Å². The topological polar surface area (TPSA) is 91.4 Å². The molecule has 29 heavy (non-hydrogen) atoms. The van der Waals surface area contributed by atoms with Gasteiger partial charge in [0, 0.05) is 30.6 Å². The number of anilines is 2. The molecule has 1 aliphatic heterocycles. The van der Waals surface area contributed by atoms with Crippen molar-refractivity contribution in [1.82, 2.24) is 10.3 Å². The number of benzene rings is 2. The van der Waals surface area contributed by atoms with Crippen LogP contribution in [0.2, 0.25) is 0 Å². The van der Waals surface area contributed by atoms with Crippen LogP contribution in [-0.4, -0.2) is 45.2 Å². The number of carbonyl (C=O) groups excluding carboxylic acids is 1. The molecule has 0 aliphatic carbocycles. The van der Waals surface area contributed by atoms with Gasteiger partial charge in [0.1, 0.15) is 5.82 Å². The number of carbonyl (C=O) groups is 1. The van der Waals surface area contributed by atoms with Crippen molar-refractivity contribution in [2.45, 2.75) is 6.42 Å². The zero-order chi connectivity index (χ0) is 20.4. The van der Waals surface area contributed by atoms with Crippen LogP contribution in [0.3, 0.4) is 0 Å². The Morgan fingerprint density at radius 1 is 1.10 bits per heavy atom. The fourth-order valence-electron chi connectivity index (χ4n) is 3.49. The number of pyridine rings is 1. The minimum absolute atomic E-state index is 0.182. The van der Waals surface area contributed by atoms with E-state index in [-0.39, 0.29) is 5.91 Å². The molecule has 0 unspecified atom stereocenters. The SMILES string of the molecule is CS(=O)(=O)N1CCc2cc(C(=O)NCCNc3ccc4ccccc4n3)ccc21. The third-order valence-corrected chi connectivity index (χ3v) is 6.09. The molecule has 4 rings (SSSR count). The number of sulfonamides is 1. The highest BCUT2D eigenvalue weighted by Gasteiger charge is 2.26. The van der Waals surface area contributed by atoms with Gasteiger partial charge in [-0.15, -0.1) is 0 Å². The maximum absolute atomic E-state index is 12.4. The average Bonchev–Trinajstić information content (AvgIpc) is 3.14. The Bertz CT molecular complexity index is 1180. The first-order valence-electron chi connectivity index (χ1n) is 9.40. The van der Waals surface area contributed by atoms with Gasteiger partial charge in [-0.25, -0.2) is 13.4 Å². The van der Waals surface area contributed by atoms with E-state index in [0.29, 0.717) is 37.3 Å². The van der Waals surface area contributed by atoms with Crippen molar-refractivity contribution < 1.29 is 13.2 Å². The number of nitrogens with zero attached hydrogens (tertiary/aromatic N) is 2. The zero-order valence-corrected chi connectivity index (χ0v) is 16.9. The number of rotatable bonds is 6. The summed E-state index contributed by atoms with van der Waals surface area (Å²) < 4.78 is 25.0. The number of hydrogen-bond donors (Lipinski definition) is 2. The van der Waals surface area contributed by atoms with Crippen molar-refractivity contribution in [2.75, 3.05) is 35.5 Å². The monoisotopic (exact) mass is 410 g/mol. The summed E-state index contributed by atoms with van der Waals surface area (Å²) in [6, 6.07) is 17.0. The van der Waals surface area contributed by atoms with Crippen LogP contribution in [0.5, 0.6) is 0 Å². The highest BCUT2D eigenvalue weighted by molar-refractivity contribution is 7.92. The second-order valence-electron chi connectivity index (χ2n) is 7.00. The third kappa shape index (κ3) is 4.17. The van der Waals surface area contributed by atoms with E-state index in [4.69, 9.17) is 0 Å². The standard InChI is InChI=1S/C21H22N4O3S/c1-29(27,28)25-13-10-16-14-17(6-8-19(16)25)21(26)23-12-11-22-20-9-7-15-4-2-3-5-18(15)24-20/h2-9,14H,10-13H2,1H3,(H,22,24)(H,23,26). The number of hydrogen-bond acceptors (Lipinski definition) is 5. The Kier molecular flexibility index (Phi) is 5.10. The van der Waals surface area contributed by atoms with E-state index in [9.17, 15) is 13.2 Å². The second kappa shape index (κ2) is 7.71. The Morgan fingerprint density at radius 3 is 2.76 bits per heavy atom. The van der Waals surface area contributed by atoms with Crippen LogP contribution in [0.4, 0.5) is 11.5 Å². The van der Waals surface area contributed by atoms with Crippen molar-refractivity contribution in [1.29, 1.82) is 0 Å². The second-order valence-corrected chi connectivity index (χ2v) is 8.91. The summed E-state index contributed by atoms with van der Waals surface area (Å²) >= 11 is 0. The van der Waals surface area contributed by atoms with Gasteiger partial charge in [-0.05, 0) is 48.4 Å². The first-order valence-corrected chi connectivity index (χ1v) is 11.3. The van der Waals surface area contributed by atoms with Gasteiger partial charge in [0.15, 0.2) is 0 Å². The van der Waals surface area contributed by atoms with E-state index < -0.39 is 10.0 Å². The molecule has 0 fully saturated rings. The van der Waals surface area contributed by atoms with E-state index in [1.54, 1.807) is 18.2 Å². The normalized spacial score (nSPS) is 13.3. The van der Waals surface area contributed by atoms with Crippen LogP contribution < -0.4 is 14.9 Å². The van der Waals surface area contributed by atoms with Gasteiger partial charge in [0.25, 0.3) is 5.91 Å². The quantitative estimate of drug-likeness (QED) is 0.609. The lowest BCUT2D eigenvalue weighted by molar-refractivity contribution is 0.0955. The Morgan fingerprint density at radius 2 is 1.93 bits per heavy atom. The fourth-order valence-corrected chi connectivity index (χ4v) is 4.45. The van der Waals surface area contributed by atoms with E-state index in [0.717, 1.165) is 22.3 Å². The molecule has 7 nitrogen and oxygen atoms in total. The third-order valence-electron chi connectivity index (χ3n) is 4.91. The molecule has 3 aromatic rings. The molecule has 0 atom stereocenters. The Hall–Kier alpha value is -3.13. The number of para-hydroxylation sites is 1. The molecule has 0 bridgehead atoms. The van der Waals surface area contributed by atoms with Gasteiger partial charge in [-0.1, -0.05) is 18.2 Å². The molecule has 0 radical (unpaired) electrons. The largest absolute Gasteiger partial charge is 0.368 e. The number of aromatic nitrogens is 1. The molecule has 8 heteroatoms. The van der Waals surface area contributed by atoms with Crippen molar-refractivity contribution in [3.05, 3.63) is 65.7 Å². The van der Waals surface area contributed by atoms with Gasteiger partial charge in [0.2, 0.25) is 10.0 Å². The summed E-state index contributed by atoms with van der Waals surface area (Å²) in [5.41, 5.74) is 2.99. The minimum atomic E-state index is -3.29. The predicted molar refractivity (Wildman–Crippen MR) is 115 cm³/mol. The van der Waals surface area contributed by atoms with Crippen molar-refractivity contribution in [3.8, 4) is 0 Å².